The van der Waals surface area contributed by atoms with Gasteiger partial charge in [0.25, 0.3) is 5.91 Å². The van der Waals surface area contributed by atoms with Crippen molar-refractivity contribution in [2.24, 2.45) is 11.7 Å². The van der Waals surface area contributed by atoms with E-state index in [-0.39, 0.29) is 17.7 Å². The lowest BCUT2D eigenvalue weighted by atomic mass is 9.92. The summed E-state index contributed by atoms with van der Waals surface area (Å²) in [6.45, 7) is 5.37. The lowest BCUT2D eigenvalue weighted by Gasteiger charge is -2.35. The molecule has 2 rings (SSSR count). The first-order chi connectivity index (χ1) is 10.0. The summed E-state index contributed by atoms with van der Waals surface area (Å²) in [6, 6.07) is 4.52. The van der Waals surface area contributed by atoms with Crippen LogP contribution in [0.5, 0.6) is 5.75 Å². The minimum Gasteiger partial charge on any atom is -0.490 e. The van der Waals surface area contributed by atoms with Gasteiger partial charge >= 0.3 is 0 Å². The number of hydrogen-bond acceptors (Lipinski definition) is 3. The van der Waals surface area contributed by atoms with E-state index in [4.69, 9.17) is 10.5 Å². The lowest BCUT2D eigenvalue weighted by molar-refractivity contribution is 0.0656. The van der Waals surface area contributed by atoms with Crippen molar-refractivity contribution in [2.45, 2.75) is 32.7 Å². The number of piperidine rings is 1. The maximum Gasteiger partial charge on any atom is 0.257 e. The third-order valence-corrected chi connectivity index (χ3v) is 3.97. The first kappa shape index (κ1) is 15.8. The van der Waals surface area contributed by atoms with Crippen LogP contribution in [0.3, 0.4) is 0 Å². The maximum absolute atomic E-state index is 13.9. The van der Waals surface area contributed by atoms with Crippen molar-refractivity contribution in [1.82, 2.24) is 4.90 Å². The summed E-state index contributed by atoms with van der Waals surface area (Å²) >= 11 is 0. The summed E-state index contributed by atoms with van der Waals surface area (Å²) in [5.74, 6) is -0.327. The van der Waals surface area contributed by atoms with Gasteiger partial charge in [0.1, 0.15) is 0 Å². The van der Waals surface area contributed by atoms with Crippen molar-refractivity contribution in [3.8, 4) is 5.75 Å². The molecule has 1 aliphatic rings. The molecule has 0 spiro atoms. The SMILES string of the molecule is CCOc1c(F)cccc1C(=O)N1CCCC(C(C)N)C1. The molecule has 4 nitrogen and oxygen atoms in total. The van der Waals surface area contributed by atoms with E-state index in [1.54, 1.807) is 17.9 Å². The van der Waals surface area contributed by atoms with Crippen LogP contribution >= 0.6 is 0 Å². The molecule has 1 aliphatic heterocycles. The van der Waals surface area contributed by atoms with E-state index in [0.29, 0.717) is 31.2 Å². The van der Waals surface area contributed by atoms with Crippen LogP contribution < -0.4 is 10.5 Å². The first-order valence-corrected chi connectivity index (χ1v) is 7.50. The number of nitrogens with zero attached hydrogens (tertiary/aromatic N) is 1. The average Bonchev–Trinajstić information content (AvgIpc) is 2.49. The topological polar surface area (TPSA) is 55.6 Å². The molecule has 21 heavy (non-hydrogen) atoms. The summed E-state index contributed by atoms with van der Waals surface area (Å²) in [5.41, 5.74) is 6.24. The van der Waals surface area contributed by atoms with Crippen LogP contribution in [0.2, 0.25) is 0 Å². The number of carbonyl (C=O) groups excluding carboxylic acids is 1. The Morgan fingerprint density at radius 2 is 2.33 bits per heavy atom. The Morgan fingerprint density at radius 1 is 1.57 bits per heavy atom. The minimum atomic E-state index is -0.497. The van der Waals surface area contributed by atoms with Crippen molar-refractivity contribution in [3.05, 3.63) is 29.6 Å². The molecule has 1 fully saturated rings. The normalized spacial score (nSPS) is 20.2. The van der Waals surface area contributed by atoms with Crippen LogP contribution in [0.15, 0.2) is 18.2 Å². The fraction of sp³-hybridized carbons (Fsp3) is 0.562. The third-order valence-electron chi connectivity index (χ3n) is 3.97. The van der Waals surface area contributed by atoms with Crippen LogP contribution in [0, 0.1) is 11.7 Å². The number of rotatable bonds is 4. The number of para-hydroxylation sites is 1. The van der Waals surface area contributed by atoms with Crippen LogP contribution in [-0.2, 0) is 0 Å². The molecule has 0 radical (unpaired) electrons. The Kier molecular flexibility index (Phi) is 5.17. The Hall–Kier alpha value is -1.62. The molecule has 1 amide bonds. The molecule has 1 heterocycles. The van der Waals surface area contributed by atoms with Crippen molar-refractivity contribution in [1.29, 1.82) is 0 Å². The van der Waals surface area contributed by atoms with Gasteiger partial charge in [0, 0.05) is 19.1 Å². The molecule has 5 heteroatoms. The van der Waals surface area contributed by atoms with E-state index >= 15 is 0 Å². The van der Waals surface area contributed by atoms with E-state index < -0.39 is 5.82 Å². The molecule has 0 aromatic heterocycles. The molecule has 116 valence electrons. The quantitative estimate of drug-likeness (QED) is 0.928. The monoisotopic (exact) mass is 294 g/mol. The van der Waals surface area contributed by atoms with Gasteiger partial charge in [-0.15, -0.1) is 0 Å². The standard InChI is InChI=1S/C16H23FN2O2/c1-3-21-15-13(7-4-8-14(15)17)16(20)19-9-5-6-12(10-19)11(2)18/h4,7-8,11-12H,3,5-6,9-10,18H2,1-2H3. The number of halogens is 1. The highest BCUT2D eigenvalue weighted by Crippen LogP contribution is 2.27. The Labute approximate surface area is 125 Å². The third kappa shape index (κ3) is 3.53. The van der Waals surface area contributed by atoms with Gasteiger partial charge in [0.2, 0.25) is 0 Å². The van der Waals surface area contributed by atoms with Crippen molar-refractivity contribution < 1.29 is 13.9 Å². The van der Waals surface area contributed by atoms with E-state index in [9.17, 15) is 9.18 Å². The molecule has 1 saturated heterocycles. The largest absolute Gasteiger partial charge is 0.490 e. The molecule has 2 atom stereocenters. The van der Waals surface area contributed by atoms with Crippen LogP contribution in [0.1, 0.15) is 37.0 Å². The van der Waals surface area contributed by atoms with Gasteiger partial charge in [-0.3, -0.25) is 4.79 Å². The summed E-state index contributed by atoms with van der Waals surface area (Å²) in [7, 11) is 0. The predicted molar refractivity (Wildman–Crippen MR) is 79.8 cm³/mol. The zero-order valence-electron chi connectivity index (χ0n) is 12.6. The fourth-order valence-electron chi connectivity index (χ4n) is 2.76. The number of carbonyl (C=O) groups is 1. The zero-order chi connectivity index (χ0) is 15.4. The number of benzene rings is 1. The van der Waals surface area contributed by atoms with Gasteiger partial charge in [0.05, 0.1) is 12.2 Å². The average molecular weight is 294 g/mol. The number of likely N-dealkylation sites (tertiary alicyclic amines) is 1. The molecule has 0 saturated carbocycles. The van der Waals surface area contributed by atoms with E-state index in [0.717, 1.165) is 12.8 Å². The second-order valence-corrected chi connectivity index (χ2v) is 5.56. The Morgan fingerprint density at radius 3 is 3.00 bits per heavy atom. The molecule has 0 bridgehead atoms. The van der Waals surface area contributed by atoms with E-state index in [1.807, 2.05) is 6.92 Å². The van der Waals surface area contributed by atoms with Gasteiger partial charge < -0.3 is 15.4 Å². The second-order valence-electron chi connectivity index (χ2n) is 5.56. The number of nitrogens with two attached hydrogens (primary N) is 1. The molecule has 1 aromatic carbocycles. The summed E-state index contributed by atoms with van der Waals surface area (Å²) in [5, 5.41) is 0. The molecular weight excluding hydrogens is 271 g/mol. The predicted octanol–water partition coefficient (Wildman–Crippen LogP) is 2.42. The summed E-state index contributed by atoms with van der Waals surface area (Å²) in [4.78, 5) is 14.4. The highest BCUT2D eigenvalue weighted by Gasteiger charge is 2.28. The van der Waals surface area contributed by atoms with Crippen LogP contribution in [0.4, 0.5) is 4.39 Å². The van der Waals surface area contributed by atoms with E-state index in [2.05, 4.69) is 0 Å². The van der Waals surface area contributed by atoms with Gasteiger partial charge in [-0.05, 0) is 44.7 Å². The number of hydrogen-bond donors (Lipinski definition) is 1. The van der Waals surface area contributed by atoms with Crippen LogP contribution in [-0.4, -0.2) is 36.5 Å². The Bertz CT molecular complexity index is 505. The van der Waals surface area contributed by atoms with Crippen molar-refractivity contribution in [2.75, 3.05) is 19.7 Å². The van der Waals surface area contributed by atoms with Gasteiger partial charge in [-0.25, -0.2) is 4.39 Å². The van der Waals surface area contributed by atoms with Crippen molar-refractivity contribution >= 4 is 5.91 Å². The second kappa shape index (κ2) is 6.89. The molecule has 2 N–H and O–H groups in total. The van der Waals surface area contributed by atoms with E-state index in [1.165, 1.54) is 12.1 Å². The highest BCUT2D eigenvalue weighted by atomic mass is 19.1. The highest BCUT2D eigenvalue weighted by molar-refractivity contribution is 5.97. The van der Waals surface area contributed by atoms with Crippen LogP contribution in [0.25, 0.3) is 0 Å². The molecular formula is C16H23FN2O2. The van der Waals surface area contributed by atoms with Gasteiger partial charge in [-0.2, -0.15) is 0 Å². The lowest BCUT2D eigenvalue weighted by Crippen LogP contribution is -2.45. The Balaban J connectivity index is 2.21. The minimum absolute atomic E-state index is 0.0490. The summed E-state index contributed by atoms with van der Waals surface area (Å²) < 4.78 is 19.2. The zero-order valence-corrected chi connectivity index (χ0v) is 12.6. The molecule has 2 unspecified atom stereocenters. The maximum atomic E-state index is 13.9. The van der Waals surface area contributed by atoms with Gasteiger partial charge in [0.15, 0.2) is 11.6 Å². The fourth-order valence-corrected chi connectivity index (χ4v) is 2.76. The smallest absolute Gasteiger partial charge is 0.257 e. The number of ether oxygens (including phenoxy) is 1. The van der Waals surface area contributed by atoms with Gasteiger partial charge in [-0.1, -0.05) is 6.07 Å². The number of amides is 1. The van der Waals surface area contributed by atoms with Crippen molar-refractivity contribution in [3.63, 3.8) is 0 Å². The molecule has 1 aromatic rings. The first-order valence-electron chi connectivity index (χ1n) is 7.50. The summed E-state index contributed by atoms with van der Waals surface area (Å²) in [6.07, 6.45) is 1.96. The molecule has 0 aliphatic carbocycles.